The summed E-state index contributed by atoms with van der Waals surface area (Å²) < 4.78 is 0. The monoisotopic (exact) mass is 349 g/mol. The van der Waals surface area contributed by atoms with Gasteiger partial charge in [-0.15, -0.1) is 0 Å². The highest BCUT2D eigenvalue weighted by Crippen LogP contribution is 2.36. The summed E-state index contributed by atoms with van der Waals surface area (Å²) in [6.07, 6.45) is 2.85. The first-order valence-corrected chi connectivity index (χ1v) is 9.56. The van der Waals surface area contributed by atoms with E-state index in [0.29, 0.717) is 6.67 Å². The van der Waals surface area contributed by atoms with Crippen molar-refractivity contribution in [1.29, 1.82) is 0 Å². The van der Waals surface area contributed by atoms with Gasteiger partial charge in [0.2, 0.25) is 5.91 Å². The van der Waals surface area contributed by atoms with E-state index in [9.17, 15) is 4.79 Å². The van der Waals surface area contributed by atoms with Gasteiger partial charge in [0.05, 0.1) is 6.67 Å². The van der Waals surface area contributed by atoms with Crippen molar-refractivity contribution in [1.82, 2.24) is 10.2 Å². The number of nitrogens with zero attached hydrogens (tertiary/aromatic N) is 2. The largest absolute Gasteiger partial charge is 0.339 e. The number of likely N-dealkylation sites (tertiary alicyclic amines) is 1. The maximum absolute atomic E-state index is 12.7. The van der Waals surface area contributed by atoms with Crippen molar-refractivity contribution in [2.24, 2.45) is 0 Å². The fourth-order valence-corrected chi connectivity index (χ4v) is 4.22. The molecule has 2 heterocycles. The van der Waals surface area contributed by atoms with Gasteiger partial charge >= 0.3 is 0 Å². The summed E-state index contributed by atoms with van der Waals surface area (Å²) in [5, 5.41) is 3.08. The molecule has 0 unspecified atom stereocenters. The van der Waals surface area contributed by atoms with Crippen LogP contribution in [-0.4, -0.2) is 42.6 Å². The Morgan fingerprint density at radius 2 is 1.69 bits per heavy atom. The van der Waals surface area contributed by atoms with Crippen LogP contribution in [0.4, 0.5) is 5.69 Å². The highest BCUT2D eigenvalue weighted by Gasteiger charge is 2.50. The van der Waals surface area contributed by atoms with Crippen molar-refractivity contribution in [3.05, 3.63) is 65.7 Å². The summed E-state index contributed by atoms with van der Waals surface area (Å²) in [5.74, 6) is 0.194. The second kappa shape index (κ2) is 7.12. The van der Waals surface area contributed by atoms with Crippen LogP contribution in [0.1, 0.15) is 24.0 Å². The molecule has 1 amide bonds. The minimum absolute atomic E-state index is 0.194. The molecule has 2 saturated heterocycles. The molecule has 136 valence electrons. The minimum Gasteiger partial charge on any atom is -0.339 e. The second-order valence-corrected chi connectivity index (χ2v) is 7.54. The van der Waals surface area contributed by atoms with Crippen molar-refractivity contribution in [3.8, 4) is 0 Å². The van der Waals surface area contributed by atoms with Crippen LogP contribution in [0, 0.1) is 6.92 Å². The van der Waals surface area contributed by atoms with E-state index < -0.39 is 0 Å². The maximum Gasteiger partial charge on any atom is 0.247 e. The number of rotatable bonds is 4. The molecule has 1 N–H and O–H groups in total. The predicted molar refractivity (Wildman–Crippen MR) is 105 cm³/mol. The number of carbonyl (C=O) groups excluding carboxylic acids is 1. The third kappa shape index (κ3) is 3.21. The normalized spacial score (nSPS) is 19.7. The Balaban J connectivity index is 1.39. The fraction of sp³-hybridized carbons (Fsp3) is 0.409. The third-order valence-electron chi connectivity index (χ3n) is 5.93. The summed E-state index contributed by atoms with van der Waals surface area (Å²) in [4.78, 5) is 17.5. The molecule has 4 heteroatoms. The molecule has 1 spiro atoms. The molecule has 0 saturated carbocycles. The molecule has 2 fully saturated rings. The van der Waals surface area contributed by atoms with E-state index in [0.717, 1.165) is 44.6 Å². The van der Waals surface area contributed by atoms with Crippen LogP contribution in [0.3, 0.4) is 0 Å². The Kier molecular flexibility index (Phi) is 4.68. The van der Waals surface area contributed by atoms with Crippen LogP contribution in [0.2, 0.25) is 0 Å². The summed E-state index contributed by atoms with van der Waals surface area (Å²) in [7, 11) is 0. The maximum atomic E-state index is 12.7. The topological polar surface area (TPSA) is 35.6 Å². The van der Waals surface area contributed by atoms with Gasteiger partial charge in [-0.2, -0.15) is 0 Å². The number of benzene rings is 2. The number of piperidine rings is 1. The van der Waals surface area contributed by atoms with Gasteiger partial charge in [0, 0.05) is 25.3 Å². The number of nitrogens with one attached hydrogen (secondary N) is 1. The number of hydrogen-bond acceptors (Lipinski definition) is 3. The Labute approximate surface area is 155 Å². The SMILES string of the molecule is Cc1ccc(CCN2CCC3(CC2)C(=O)NCN3c2ccccc2)cc1. The summed E-state index contributed by atoms with van der Waals surface area (Å²) in [6.45, 7) is 5.75. The van der Waals surface area contributed by atoms with E-state index >= 15 is 0 Å². The van der Waals surface area contributed by atoms with Gasteiger partial charge in [-0.3, -0.25) is 4.79 Å². The summed E-state index contributed by atoms with van der Waals surface area (Å²) in [5.41, 5.74) is 3.46. The lowest BCUT2D eigenvalue weighted by atomic mass is 9.85. The quantitative estimate of drug-likeness (QED) is 0.922. The zero-order valence-corrected chi connectivity index (χ0v) is 15.4. The van der Waals surface area contributed by atoms with Crippen LogP contribution in [0.5, 0.6) is 0 Å². The van der Waals surface area contributed by atoms with Gasteiger partial charge in [0.25, 0.3) is 0 Å². The lowest BCUT2D eigenvalue weighted by Crippen LogP contribution is -2.56. The second-order valence-electron chi connectivity index (χ2n) is 7.54. The first kappa shape index (κ1) is 17.1. The molecule has 0 radical (unpaired) electrons. The smallest absolute Gasteiger partial charge is 0.247 e. The average Bonchev–Trinajstić information content (AvgIpc) is 2.99. The van der Waals surface area contributed by atoms with Crippen molar-refractivity contribution in [2.75, 3.05) is 31.2 Å². The van der Waals surface area contributed by atoms with Gasteiger partial charge in [0.1, 0.15) is 5.54 Å². The summed E-state index contributed by atoms with van der Waals surface area (Å²) in [6, 6.07) is 19.1. The lowest BCUT2D eigenvalue weighted by molar-refractivity contribution is -0.125. The zero-order valence-electron chi connectivity index (χ0n) is 15.4. The molecule has 2 aromatic carbocycles. The molecule has 2 aliphatic heterocycles. The van der Waals surface area contributed by atoms with Crippen molar-refractivity contribution in [2.45, 2.75) is 31.7 Å². The highest BCUT2D eigenvalue weighted by atomic mass is 16.2. The highest BCUT2D eigenvalue weighted by molar-refractivity contribution is 5.93. The number of carbonyl (C=O) groups is 1. The molecule has 0 aromatic heterocycles. The zero-order chi connectivity index (χ0) is 18.0. The Hall–Kier alpha value is -2.33. The predicted octanol–water partition coefficient (Wildman–Crippen LogP) is 2.97. The molecule has 2 aliphatic rings. The van der Waals surface area contributed by atoms with E-state index in [2.05, 4.69) is 58.4 Å². The summed E-state index contributed by atoms with van der Waals surface area (Å²) >= 11 is 0. The van der Waals surface area contributed by atoms with Crippen LogP contribution in [0.15, 0.2) is 54.6 Å². The first-order valence-electron chi connectivity index (χ1n) is 9.56. The van der Waals surface area contributed by atoms with Crippen LogP contribution in [-0.2, 0) is 11.2 Å². The molecule has 2 aromatic rings. The lowest BCUT2D eigenvalue weighted by Gasteiger charge is -2.43. The van der Waals surface area contributed by atoms with Crippen molar-refractivity contribution < 1.29 is 4.79 Å². The first-order chi connectivity index (χ1) is 12.7. The van der Waals surface area contributed by atoms with E-state index in [4.69, 9.17) is 0 Å². The van der Waals surface area contributed by atoms with E-state index in [1.165, 1.54) is 11.1 Å². The van der Waals surface area contributed by atoms with E-state index in [-0.39, 0.29) is 11.4 Å². The standard InChI is InChI=1S/C22H27N3O/c1-18-7-9-19(10-8-18)11-14-24-15-12-22(13-16-24)21(26)23-17-25(22)20-5-3-2-4-6-20/h2-10H,11-17H2,1H3,(H,23,26). The molecular weight excluding hydrogens is 322 g/mol. The van der Waals surface area contributed by atoms with E-state index in [1.54, 1.807) is 0 Å². The number of hydrogen-bond donors (Lipinski definition) is 1. The molecule has 0 bridgehead atoms. The molecule has 4 nitrogen and oxygen atoms in total. The third-order valence-corrected chi connectivity index (χ3v) is 5.93. The minimum atomic E-state index is -0.373. The number of aryl methyl sites for hydroxylation is 1. The Morgan fingerprint density at radius 3 is 2.38 bits per heavy atom. The van der Waals surface area contributed by atoms with Gasteiger partial charge < -0.3 is 15.1 Å². The Bertz CT molecular complexity index is 749. The molecule has 0 aliphatic carbocycles. The van der Waals surface area contributed by atoms with Crippen LogP contribution < -0.4 is 10.2 Å². The van der Waals surface area contributed by atoms with Gasteiger partial charge in [0.15, 0.2) is 0 Å². The number of anilines is 1. The number of amides is 1. The van der Waals surface area contributed by atoms with Gasteiger partial charge in [-0.1, -0.05) is 48.0 Å². The van der Waals surface area contributed by atoms with Crippen LogP contribution >= 0.6 is 0 Å². The Morgan fingerprint density at radius 1 is 1.00 bits per heavy atom. The molecule has 0 atom stereocenters. The van der Waals surface area contributed by atoms with Crippen LogP contribution in [0.25, 0.3) is 0 Å². The average molecular weight is 349 g/mol. The molecular formula is C22H27N3O. The van der Waals surface area contributed by atoms with Gasteiger partial charge in [-0.25, -0.2) is 0 Å². The molecule has 4 rings (SSSR count). The van der Waals surface area contributed by atoms with Gasteiger partial charge in [-0.05, 0) is 43.9 Å². The van der Waals surface area contributed by atoms with Crippen molar-refractivity contribution in [3.63, 3.8) is 0 Å². The van der Waals surface area contributed by atoms with E-state index in [1.807, 2.05) is 18.2 Å². The fourth-order valence-electron chi connectivity index (χ4n) is 4.22. The number of para-hydroxylation sites is 1. The van der Waals surface area contributed by atoms with Crippen molar-refractivity contribution >= 4 is 11.6 Å². The molecule has 26 heavy (non-hydrogen) atoms.